The summed E-state index contributed by atoms with van der Waals surface area (Å²) in [4.78, 5) is 15.8. The molecule has 1 amide bonds. The van der Waals surface area contributed by atoms with Gasteiger partial charge in [-0.15, -0.1) is 0 Å². The number of benzene rings is 2. The first-order chi connectivity index (χ1) is 14.0. The molecular weight excluding hydrogens is 368 g/mol. The standard InChI is InChI=1S/C22H30N4O3/c1-5-23-21(24-14-17(3)29-20-9-7-6-8-16(20)2)25-15-18-10-12-19(13-11-18)26-22(27)28-4/h6-13,17H,5,14-15H2,1-4H3,(H,26,27)(H2,23,24,25). The van der Waals surface area contributed by atoms with Gasteiger partial charge >= 0.3 is 6.09 Å². The molecule has 0 aliphatic heterocycles. The number of carbonyl (C=O) groups is 1. The van der Waals surface area contributed by atoms with Crippen molar-refractivity contribution in [3.05, 3.63) is 59.7 Å². The van der Waals surface area contributed by atoms with E-state index in [1.807, 2.05) is 69.3 Å². The van der Waals surface area contributed by atoms with Crippen LogP contribution in [0.15, 0.2) is 53.5 Å². The smallest absolute Gasteiger partial charge is 0.411 e. The number of hydrogen-bond acceptors (Lipinski definition) is 4. The van der Waals surface area contributed by atoms with Crippen LogP contribution in [0, 0.1) is 6.92 Å². The lowest BCUT2D eigenvalue weighted by Gasteiger charge is -2.18. The molecule has 0 aliphatic carbocycles. The summed E-state index contributed by atoms with van der Waals surface area (Å²) in [6, 6.07) is 15.5. The number of anilines is 1. The molecule has 156 valence electrons. The van der Waals surface area contributed by atoms with E-state index in [0.29, 0.717) is 18.8 Å². The van der Waals surface area contributed by atoms with Crippen LogP contribution in [0.2, 0.25) is 0 Å². The van der Waals surface area contributed by atoms with Gasteiger partial charge in [0.2, 0.25) is 0 Å². The summed E-state index contributed by atoms with van der Waals surface area (Å²) in [6.07, 6.45) is -0.500. The topological polar surface area (TPSA) is 84.0 Å². The summed E-state index contributed by atoms with van der Waals surface area (Å²) in [5, 5.41) is 9.18. The molecule has 2 rings (SSSR count). The molecule has 2 aromatic carbocycles. The van der Waals surface area contributed by atoms with Crippen molar-refractivity contribution in [2.45, 2.75) is 33.4 Å². The molecule has 0 aliphatic rings. The molecule has 7 heteroatoms. The highest BCUT2D eigenvalue weighted by molar-refractivity contribution is 5.84. The highest BCUT2D eigenvalue weighted by atomic mass is 16.5. The summed E-state index contributed by atoms with van der Waals surface area (Å²) in [5.41, 5.74) is 2.82. The van der Waals surface area contributed by atoms with Crippen molar-refractivity contribution in [1.29, 1.82) is 0 Å². The maximum atomic E-state index is 11.2. The Balaban J connectivity index is 1.88. The van der Waals surface area contributed by atoms with E-state index in [4.69, 9.17) is 4.74 Å². The van der Waals surface area contributed by atoms with Gasteiger partial charge in [-0.3, -0.25) is 5.32 Å². The fourth-order valence-corrected chi connectivity index (χ4v) is 2.56. The number of para-hydroxylation sites is 1. The Morgan fingerprint density at radius 3 is 2.48 bits per heavy atom. The van der Waals surface area contributed by atoms with Crippen molar-refractivity contribution >= 4 is 17.7 Å². The molecule has 1 atom stereocenters. The van der Waals surface area contributed by atoms with E-state index in [1.165, 1.54) is 7.11 Å². The number of ether oxygens (including phenoxy) is 2. The van der Waals surface area contributed by atoms with Crippen LogP contribution in [0.3, 0.4) is 0 Å². The van der Waals surface area contributed by atoms with E-state index in [1.54, 1.807) is 0 Å². The highest BCUT2D eigenvalue weighted by Crippen LogP contribution is 2.17. The van der Waals surface area contributed by atoms with Crippen LogP contribution in [0.5, 0.6) is 5.75 Å². The van der Waals surface area contributed by atoms with Crippen LogP contribution in [-0.2, 0) is 11.3 Å². The molecule has 0 saturated carbocycles. The van der Waals surface area contributed by atoms with Crippen LogP contribution in [0.1, 0.15) is 25.0 Å². The lowest BCUT2D eigenvalue weighted by atomic mass is 10.2. The quantitative estimate of drug-likeness (QED) is 0.466. The zero-order valence-electron chi connectivity index (χ0n) is 17.5. The number of aliphatic imine (C=N–C) groups is 1. The maximum Gasteiger partial charge on any atom is 0.411 e. The Hall–Kier alpha value is -3.22. The van der Waals surface area contributed by atoms with E-state index in [9.17, 15) is 4.79 Å². The van der Waals surface area contributed by atoms with Crippen LogP contribution in [-0.4, -0.2) is 38.4 Å². The lowest BCUT2D eigenvalue weighted by molar-refractivity contribution is 0.187. The molecule has 0 spiro atoms. The van der Waals surface area contributed by atoms with Gasteiger partial charge in [-0.2, -0.15) is 0 Å². The third kappa shape index (κ3) is 7.73. The van der Waals surface area contributed by atoms with Gasteiger partial charge in [0.1, 0.15) is 11.9 Å². The van der Waals surface area contributed by atoms with Gasteiger partial charge in [-0.1, -0.05) is 30.3 Å². The predicted molar refractivity (Wildman–Crippen MR) is 117 cm³/mol. The zero-order valence-corrected chi connectivity index (χ0v) is 17.5. The van der Waals surface area contributed by atoms with Gasteiger partial charge < -0.3 is 20.1 Å². The zero-order chi connectivity index (χ0) is 21.1. The Morgan fingerprint density at radius 2 is 1.83 bits per heavy atom. The van der Waals surface area contributed by atoms with Gasteiger partial charge in [0.05, 0.1) is 20.2 Å². The van der Waals surface area contributed by atoms with E-state index < -0.39 is 6.09 Å². The molecular formula is C22H30N4O3. The molecule has 7 nitrogen and oxygen atoms in total. The first-order valence-corrected chi connectivity index (χ1v) is 9.70. The van der Waals surface area contributed by atoms with E-state index in [2.05, 4.69) is 25.7 Å². The van der Waals surface area contributed by atoms with Crippen LogP contribution in [0.25, 0.3) is 0 Å². The third-order valence-electron chi connectivity index (χ3n) is 4.13. The number of carbonyl (C=O) groups excluding carboxylic acids is 1. The van der Waals surface area contributed by atoms with Crippen LogP contribution in [0.4, 0.5) is 10.5 Å². The normalized spacial score (nSPS) is 12.1. The number of methoxy groups -OCH3 is 1. The summed E-state index contributed by atoms with van der Waals surface area (Å²) >= 11 is 0. The number of hydrogen-bond donors (Lipinski definition) is 3. The molecule has 0 bridgehead atoms. The van der Waals surface area contributed by atoms with E-state index >= 15 is 0 Å². The van der Waals surface area contributed by atoms with Crippen molar-refractivity contribution in [3.8, 4) is 5.75 Å². The Labute approximate surface area is 172 Å². The van der Waals surface area contributed by atoms with Gasteiger partial charge in [-0.05, 0) is 50.1 Å². The van der Waals surface area contributed by atoms with Gasteiger partial charge in [0, 0.05) is 12.2 Å². The number of nitrogens with zero attached hydrogens (tertiary/aromatic N) is 1. The number of aryl methyl sites for hydroxylation is 1. The molecule has 0 saturated heterocycles. The summed E-state index contributed by atoms with van der Waals surface area (Å²) in [6.45, 7) is 7.99. The lowest BCUT2D eigenvalue weighted by Crippen LogP contribution is -2.41. The fourth-order valence-electron chi connectivity index (χ4n) is 2.56. The second-order valence-corrected chi connectivity index (χ2v) is 6.58. The fraction of sp³-hybridized carbons (Fsp3) is 0.364. The monoisotopic (exact) mass is 398 g/mol. The van der Waals surface area contributed by atoms with Crippen molar-refractivity contribution in [1.82, 2.24) is 10.6 Å². The molecule has 1 unspecified atom stereocenters. The number of guanidine groups is 1. The molecule has 0 heterocycles. The van der Waals surface area contributed by atoms with Crippen molar-refractivity contribution in [3.63, 3.8) is 0 Å². The van der Waals surface area contributed by atoms with Gasteiger partial charge in [-0.25, -0.2) is 9.79 Å². The molecule has 2 aromatic rings. The van der Waals surface area contributed by atoms with Crippen molar-refractivity contribution < 1.29 is 14.3 Å². The first-order valence-electron chi connectivity index (χ1n) is 9.70. The minimum Gasteiger partial charge on any atom is -0.489 e. The SMILES string of the molecule is CCNC(=NCc1ccc(NC(=O)OC)cc1)NCC(C)Oc1ccccc1C. The molecule has 0 fully saturated rings. The Bertz CT molecular complexity index is 806. The van der Waals surface area contributed by atoms with Crippen LogP contribution < -0.4 is 20.7 Å². The molecule has 0 aromatic heterocycles. The average Bonchev–Trinajstić information content (AvgIpc) is 2.72. The Morgan fingerprint density at radius 1 is 1.10 bits per heavy atom. The largest absolute Gasteiger partial charge is 0.489 e. The van der Waals surface area contributed by atoms with Gasteiger partial charge in [0.15, 0.2) is 5.96 Å². The van der Waals surface area contributed by atoms with Crippen LogP contribution >= 0.6 is 0 Å². The Kier molecular flexibility index (Phi) is 8.82. The third-order valence-corrected chi connectivity index (χ3v) is 4.13. The van der Waals surface area contributed by atoms with Crippen molar-refractivity contribution in [2.75, 3.05) is 25.5 Å². The minimum atomic E-state index is -0.489. The molecule has 0 radical (unpaired) electrons. The summed E-state index contributed by atoms with van der Waals surface area (Å²) in [7, 11) is 1.33. The highest BCUT2D eigenvalue weighted by Gasteiger charge is 2.07. The molecule has 29 heavy (non-hydrogen) atoms. The average molecular weight is 399 g/mol. The predicted octanol–water partition coefficient (Wildman–Crippen LogP) is 3.70. The van der Waals surface area contributed by atoms with Gasteiger partial charge in [0.25, 0.3) is 0 Å². The minimum absolute atomic E-state index is 0.0105. The maximum absolute atomic E-state index is 11.2. The van der Waals surface area contributed by atoms with E-state index in [-0.39, 0.29) is 6.10 Å². The summed E-state index contributed by atoms with van der Waals surface area (Å²) in [5.74, 6) is 1.62. The summed E-state index contributed by atoms with van der Waals surface area (Å²) < 4.78 is 10.6. The first kappa shape index (κ1) is 22.1. The molecule has 3 N–H and O–H groups in total. The second-order valence-electron chi connectivity index (χ2n) is 6.58. The number of rotatable bonds is 8. The van der Waals surface area contributed by atoms with Crippen molar-refractivity contribution in [2.24, 2.45) is 4.99 Å². The van der Waals surface area contributed by atoms with E-state index in [0.717, 1.165) is 29.4 Å². The number of nitrogens with one attached hydrogen (secondary N) is 3. The number of amides is 1. The second kappa shape index (κ2) is 11.6.